The van der Waals surface area contributed by atoms with Crippen LogP contribution < -0.4 is 4.72 Å². The molecule has 0 radical (unpaired) electrons. The molecule has 0 aromatic heterocycles. The second-order valence-corrected chi connectivity index (χ2v) is 8.51. The summed E-state index contributed by atoms with van der Waals surface area (Å²) in [6, 6.07) is 18.0. The Morgan fingerprint density at radius 3 is 2.57 bits per heavy atom. The van der Waals surface area contributed by atoms with E-state index in [1.165, 1.54) is 6.92 Å². The molecule has 5 nitrogen and oxygen atoms in total. The number of carbonyl (C=O) groups is 1. The van der Waals surface area contributed by atoms with Crippen LogP contribution in [-0.2, 0) is 26.0 Å². The van der Waals surface area contributed by atoms with Crippen LogP contribution >= 0.6 is 0 Å². The van der Waals surface area contributed by atoms with E-state index in [0.717, 1.165) is 21.9 Å². The molecule has 0 atom stereocenters. The van der Waals surface area contributed by atoms with Crippen molar-refractivity contribution in [2.75, 3.05) is 4.72 Å². The van der Waals surface area contributed by atoms with Crippen molar-refractivity contribution in [3.63, 3.8) is 0 Å². The lowest BCUT2D eigenvalue weighted by atomic mass is 10.1. The number of benzene rings is 3. The van der Waals surface area contributed by atoms with Gasteiger partial charge >= 0.3 is 5.97 Å². The average molecular weight is 393 g/mol. The van der Waals surface area contributed by atoms with Crippen LogP contribution in [0.5, 0.6) is 0 Å². The summed E-state index contributed by atoms with van der Waals surface area (Å²) in [5, 5.41) is 1.78. The largest absolute Gasteiger partial charge is 0.426 e. The highest BCUT2D eigenvalue weighted by Crippen LogP contribution is 2.35. The van der Waals surface area contributed by atoms with Crippen LogP contribution in [0.3, 0.4) is 0 Å². The van der Waals surface area contributed by atoms with Gasteiger partial charge in [0.1, 0.15) is 5.76 Å². The van der Waals surface area contributed by atoms with Crippen LogP contribution in [0.4, 0.5) is 5.69 Å². The summed E-state index contributed by atoms with van der Waals surface area (Å²) < 4.78 is 34.0. The third-order valence-corrected chi connectivity index (χ3v) is 6.12. The molecule has 142 valence electrons. The van der Waals surface area contributed by atoms with Crippen molar-refractivity contribution in [3.05, 3.63) is 77.4 Å². The molecule has 0 fully saturated rings. The SMILES string of the molecule is CC(=O)OC1=C(C)Cc2ccc(S(=O)(=O)Nc3cccc4ccccc34)cc21. The maximum absolute atomic E-state index is 13.0. The Bertz CT molecular complexity index is 1240. The lowest BCUT2D eigenvalue weighted by molar-refractivity contribution is -0.134. The predicted molar refractivity (Wildman–Crippen MR) is 109 cm³/mol. The van der Waals surface area contributed by atoms with Crippen molar-refractivity contribution in [2.45, 2.75) is 25.2 Å². The number of ether oxygens (including phenoxy) is 1. The van der Waals surface area contributed by atoms with Crippen LogP contribution in [0.25, 0.3) is 16.5 Å². The number of sulfonamides is 1. The van der Waals surface area contributed by atoms with E-state index in [4.69, 9.17) is 4.74 Å². The summed E-state index contributed by atoms with van der Waals surface area (Å²) >= 11 is 0. The van der Waals surface area contributed by atoms with Gasteiger partial charge in [-0.1, -0.05) is 42.5 Å². The van der Waals surface area contributed by atoms with Gasteiger partial charge in [0.2, 0.25) is 0 Å². The molecule has 6 heteroatoms. The second kappa shape index (κ2) is 6.80. The van der Waals surface area contributed by atoms with Gasteiger partial charge in [0.15, 0.2) is 0 Å². The summed E-state index contributed by atoms with van der Waals surface area (Å²) in [5.74, 6) is 0.0223. The molecule has 1 aliphatic rings. The highest BCUT2D eigenvalue weighted by molar-refractivity contribution is 7.92. The van der Waals surface area contributed by atoms with Crippen molar-refractivity contribution >= 4 is 38.2 Å². The number of fused-ring (bicyclic) bond motifs is 2. The van der Waals surface area contributed by atoms with Crippen LogP contribution in [0.15, 0.2) is 71.1 Å². The summed E-state index contributed by atoms with van der Waals surface area (Å²) in [6.45, 7) is 3.21. The Hall–Kier alpha value is -3.12. The minimum absolute atomic E-state index is 0.124. The van der Waals surface area contributed by atoms with Crippen molar-refractivity contribution in [1.82, 2.24) is 0 Å². The van der Waals surface area contributed by atoms with E-state index in [0.29, 0.717) is 23.4 Å². The first-order chi connectivity index (χ1) is 13.3. The number of anilines is 1. The topological polar surface area (TPSA) is 72.5 Å². The minimum Gasteiger partial charge on any atom is -0.426 e. The molecule has 1 N–H and O–H groups in total. The fourth-order valence-electron chi connectivity index (χ4n) is 3.49. The first kappa shape index (κ1) is 18.3. The van der Waals surface area contributed by atoms with E-state index >= 15 is 0 Å². The van der Waals surface area contributed by atoms with Crippen LogP contribution in [0.2, 0.25) is 0 Å². The van der Waals surface area contributed by atoms with Gasteiger partial charge in [-0.05, 0) is 48.1 Å². The molecule has 1 aliphatic carbocycles. The number of hydrogen-bond donors (Lipinski definition) is 1. The number of hydrogen-bond acceptors (Lipinski definition) is 4. The van der Waals surface area contributed by atoms with E-state index in [1.807, 2.05) is 43.3 Å². The molecule has 0 spiro atoms. The quantitative estimate of drug-likeness (QED) is 0.663. The van der Waals surface area contributed by atoms with Gasteiger partial charge in [-0.15, -0.1) is 0 Å². The molecule has 0 heterocycles. The lowest BCUT2D eigenvalue weighted by Crippen LogP contribution is -2.13. The van der Waals surface area contributed by atoms with Gasteiger partial charge in [-0.25, -0.2) is 8.42 Å². The zero-order valence-electron chi connectivity index (χ0n) is 15.5. The Balaban J connectivity index is 1.73. The van der Waals surface area contributed by atoms with Crippen LogP contribution in [0.1, 0.15) is 25.0 Å². The van der Waals surface area contributed by atoms with E-state index in [2.05, 4.69) is 4.72 Å². The van der Waals surface area contributed by atoms with Gasteiger partial charge in [0, 0.05) is 17.9 Å². The van der Waals surface area contributed by atoms with Crippen molar-refractivity contribution < 1.29 is 17.9 Å². The molecule has 4 rings (SSSR count). The molecule has 0 saturated heterocycles. The fourth-order valence-corrected chi connectivity index (χ4v) is 4.59. The Morgan fingerprint density at radius 2 is 1.79 bits per heavy atom. The highest BCUT2D eigenvalue weighted by atomic mass is 32.2. The molecule has 3 aromatic carbocycles. The van der Waals surface area contributed by atoms with E-state index in [9.17, 15) is 13.2 Å². The average Bonchev–Trinajstić information content (AvgIpc) is 2.96. The monoisotopic (exact) mass is 393 g/mol. The van der Waals surface area contributed by atoms with Gasteiger partial charge in [-0.3, -0.25) is 9.52 Å². The van der Waals surface area contributed by atoms with Crippen LogP contribution in [0, 0.1) is 0 Å². The zero-order valence-corrected chi connectivity index (χ0v) is 16.3. The Kier molecular flexibility index (Phi) is 4.43. The first-order valence-electron chi connectivity index (χ1n) is 8.87. The van der Waals surface area contributed by atoms with E-state index < -0.39 is 16.0 Å². The Labute approximate surface area is 163 Å². The maximum Gasteiger partial charge on any atom is 0.308 e. The molecule has 0 saturated carbocycles. The maximum atomic E-state index is 13.0. The number of rotatable bonds is 4. The van der Waals surface area contributed by atoms with Crippen LogP contribution in [-0.4, -0.2) is 14.4 Å². The third kappa shape index (κ3) is 3.27. The van der Waals surface area contributed by atoms with E-state index in [-0.39, 0.29) is 4.90 Å². The normalized spacial score (nSPS) is 13.5. The molecule has 0 amide bonds. The number of carbonyl (C=O) groups excluding carboxylic acids is 1. The van der Waals surface area contributed by atoms with Gasteiger partial charge in [0.25, 0.3) is 10.0 Å². The summed E-state index contributed by atoms with van der Waals surface area (Å²) in [7, 11) is -3.81. The van der Waals surface area contributed by atoms with Gasteiger partial charge < -0.3 is 4.74 Å². The second-order valence-electron chi connectivity index (χ2n) is 6.83. The third-order valence-electron chi connectivity index (χ3n) is 4.76. The summed E-state index contributed by atoms with van der Waals surface area (Å²) in [6.07, 6.45) is 0.634. The standard InChI is InChI=1S/C22H19NO4S/c1-14-12-17-10-11-18(13-20(17)22(14)27-15(2)24)28(25,26)23-21-9-5-7-16-6-3-4-8-19(16)21/h3-11,13,23H,12H2,1-2H3. The predicted octanol–water partition coefficient (Wildman–Crippen LogP) is 4.49. The first-order valence-corrected chi connectivity index (χ1v) is 10.4. The van der Waals surface area contributed by atoms with Crippen molar-refractivity contribution in [3.8, 4) is 0 Å². The zero-order chi connectivity index (χ0) is 19.9. The van der Waals surface area contributed by atoms with Crippen molar-refractivity contribution in [1.29, 1.82) is 0 Å². The van der Waals surface area contributed by atoms with Gasteiger partial charge in [-0.2, -0.15) is 0 Å². The van der Waals surface area contributed by atoms with E-state index in [1.54, 1.807) is 24.3 Å². The van der Waals surface area contributed by atoms with Gasteiger partial charge in [0.05, 0.1) is 10.6 Å². The fraction of sp³-hybridized carbons (Fsp3) is 0.136. The smallest absolute Gasteiger partial charge is 0.308 e. The molecule has 28 heavy (non-hydrogen) atoms. The molecule has 0 unspecified atom stereocenters. The lowest BCUT2D eigenvalue weighted by Gasteiger charge is -2.12. The minimum atomic E-state index is -3.81. The number of esters is 1. The molecular formula is C22H19NO4S. The molecule has 0 aliphatic heterocycles. The molecule has 3 aromatic rings. The number of nitrogens with one attached hydrogen (secondary N) is 1. The highest BCUT2D eigenvalue weighted by Gasteiger charge is 2.25. The Morgan fingerprint density at radius 1 is 1.04 bits per heavy atom. The summed E-state index contributed by atoms with van der Waals surface area (Å²) in [5.41, 5.74) is 3.01. The molecule has 0 bridgehead atoms. The summed E-state index contributed by atoms with van der Waals surface area (Å²) in [4.78, 5) is 11.5. The number of allylic oxidation sites excluding steroid dienone is 1. The molecular weight excluding hydrogens is 374 g/mol. The van der Waals surface area contributed by atoms with Crippen molar-refractivity contribution in [2.24, 2.45) is 0 Å².